The number of aryl methyl sites for hydroxylation is 1. The van der Waals surface area contributed by atoms with Gasteiger partial charge in [0.15, 0.2) is 0 Å². The smallest absolute Gasteiger partial charge is 0.348 e. The van der Waals surface area contributed by atoms with Crippen LogP contribution in [0.25, 0.3) is 21.2 Å². The van der Waals surface area contributed by atoms with Crippen molar-refractivity contribution in [3.05, 3.63) is 45.5 Å². The zero-order valence-electron chi connectivity index (χ0n) is 10.6. The van der Waals surface area contributed by atoms with Crippen LogP contribution in [0.5, 0.6) is 0 Å². The molecular formula is C15H12O2S2. The van der Waals surface area contributed by atoms with Gasteiger partial charge in [0, 0.05) is 15.8 Å². The molecule has 0 saturated carbocycles. The lowest BCUT2D eigenvalue weighted by molar-refractivity contribution is 0.0607. The first-order valence-corrected chi connectivity index (χ1v) is 7.61. The van der Waals surface area contributed by atoms with Gasteiger partial charge < -0.3 is 4.74 Å². The van der Waals surface area contributed by atoms with Crippen molar-refractivity contribution in [2.24, 2.45) is 0 Å². The van der Waals surface area contributed by atoms with Gasteiger partial charge in [0.25, 0.3) is 0 Å². The molecule has 2 aromatic heterocycles. The molecule has 0 spiro atoms. The third kappa shape index (κ3) is 1.97. The fraction of sp³-hybridized carbons (Fsp3) is 0.133. The largest absolute Gasteiger partial charge is 0.465 e. The van der Waals surface area contributed by atoms with E-state index < -0.39 is 0 Å². The Morgan fingerprint density at radius 2 is 2.05 bits per heavy atom. The first kappa shape index (κ1) is 12.4. The van der Waals surface area contributed by atoms with Gasteiger partial charge in [0.05, 0.1) is 7.11 Å². The fourth-order valence-electron chi connectivity index (χ4n) is 2.21. The normalized spacial score (nSPS) is 10.8. The third-order valence-electron chi connectivity index (χ3n) is 3.09. The predicted molar refractivity (Wildman–Crippen MR) is 81.2 cm³/mol. The first-order valence-electron chi connectivity index (χ1n) is 5.85. The van der Waals surface area contributed by atoms with Crippen molar-refractivity contribution >= 4 is 38.7 Å². The lowest BCUT2D eigenvalue weighted by Crippen LogP contribution is -2.00. The maximum atomic E-state index is 11.9. The molecule has 4 heteroatoms. The summed E-state index contributed by atoms with van der Waals surface area (Å²) in [5.74, 6) is -0.262. The van der Waals surface area contributed by atoms with E-state index in [0.717, 1.165) is 16.7 Å². The van der Waals surface area contributed by atoms with Crippen LogP contribution < -0.4 is 0 Å². The average molecular weight is 288 g/mol. The van der Waals surface area contributed by atoms with Crippen LogP contribution in [0.4, 0.5) is 0 Å². The van der Waals surface area contributed by atoms with Crippen molar-refractivity contribution in [3.8, 4) is 11.1 Å². The van der Waals surface area contributed by atoms with Crippen LogP contribution >= 0.6 is 22.7 Å². The summed E-state index contributed by atoms with van der Waals surface area (Å²) in [7, 11) is 1.42. The number of methoxy groups -OCH3 is 1. The van der Waals surface area contributed by atoms with E-state index in [0.29, 0.717) is 4.88 Å². The van der Waals surface area contributed by atoms with Crippen molar-refractivity contribution in [1.82, 2.24) is 0 Å². The van der Waals surface area contributed by atoms with E-state index in [1.807, 2.05) is 18.4 Å². The Labute approximate surface area is 119 Å². The molecule has 0 N–H and O–H groups in total. The second-order valence-corrected chi connectivity index (χ2v) is 6.05. The highest BCUT2D eigenvalue weighted by Gasteiger charge is 2.19. The number of carbonyl (C=O) groups is 1. The minimum absolute atomic E-state index is 0.262. The van der Waals surface area contributed by atoms with Crippen LogP contribution in [0.2, 0.25) is 0 Å². The van der Waals surface area contributed by atoms with Crippen LogP contribution in [0.1, 0.15) is 15.2 Å². The summed E-state index contributed by atoms with van der Waals surface area (Å²) in [4.78, 5) is 12.6. The van der Waals surface area contributed by atoms with E-state index in [-0.39, 0.29) is 5.97 Å². The predicted octanol–water partition coefficient (Wildman–Crippen LogP) is 4.72. The minimum atomic E-state index is -0.262. The number of rotatable bonds is 2. The minimum Gasteiger partial charge on any atom is -0.465 e. The summed E-state index contributed by atoms with van der Waals surface area (Å²) in [6.07, 6.45) is 0. The number of ether oxygens (including phenoxy) is 1. The number of fused-ring (bicyclic) bond motifs is 1. The SMILES string of the molecule is COC(=O)c1scc(C)c1-c1cccc2ccsc12. The molecule has 0 fully saturated rings. The molecule has 0 unspecified atom stereocenters. The van der Waals surface area contributed by atoms with Crippen LogP contribution in [0.15, 0.2) is 35.0 Å². The first-order chi connectivity index (χ1) is 9.22. The zero-order valence-corrected chi connectivity index (χ0v) is 12.2. The maximum absolute atomic E-state index is 11.9. The number of esters is 1. The van der Waals surface area contributed by atoms with E-state index in [9.17, 15) is 4.79 Å². The second-order valence-electron chi connectivity index (χ2n) is 4.26. The van der Waals surface area contributed by atoms with Crippen LogP contribution in [0, 0.1) is 6.92 Å². The molecule has 0 aliphatic carbocycles. The Kier molecular flexibility index (Phi) is 3.12. The summed E-state index contributed by atoms with van der Waals surface area (Å²) in [5, 5.41) is 5.30. The van der Waals surface area contributed by atoms with E-state index in [4.69, 9.17) is 4.74 Å². The molecular weight excluding hydrogens is 276 g/mol. The summed E-state index contributed by atoms with van der Waals surface area (Å²) in [5.41, 5.74) is 3.24. The van der Waals surface area contributed by atoms with Crippen molar-refractivity contribution in [3.63, 3.8) is 0 Å². The molecule has 2 nitrogen and oxygen atoms in total. The van der Waals surface area contributed by atoms with Gasteiger partial charge in [-0.05, 0) is 34.7 Å². The number of hydrogen-bond acceptors (Lipinski definition) is 4. The van der Waals surface area contributed by atoms with Gasteiger partial charge in [-0.3, -0.25) is 0 Å². The molecule has 2 heterocycles. The highest BCUT2D eigenvalue weighted by Crippen LogP contribution is 2.39. The Morgan fingerprint density at radius 1 is 1.21 bits per heavy atom. The highest BCUT2D eigenvalue weighted by molar-refractivity contribution is 7.18. The van der Waals surface area contributed by atoms with E-state index >= 15 is 0 Å². The molecule has 0 saturated heterocycles. The van der Waals surface area contributed by atoms with Crippen molar-refractivity contribution in [2.75, 3.05) is 7.11 Å². The van der Waals surface area contributed by atoms with Crippen LogP contribution in [-0.4, -0.2) is 13.1 Å². The van der Waals surface area contributed by atoms with Crippen LogP contribution in [0.3, 0.4) is 0 Å². The maximum Gasteiger partial charge on any atom is 0.348 e. The van der Waals surface area contributed by atoms with Crippen molar-refractivity contribution in [2.45, 2.75) is 6.92 Å². The topological polar surface area (TPSA) is 26.3 Å². The standard InChI is InChI=1S/C15H12O2S2/c1-9-8-19-14(15(16)17-2)12(9)11-5-3-4-10-6-7-18-13(10)11/h3-8H,1-2H3. The summed E-state index contributed by atoms with van der Waals surface area (Å²) in [6.45, 7) is 2.03. The molecule has 0 atom stereocenters. The van der Waals surface area contributed by atoms with Gasteiger partial charge in [0.1, 0.15) is 4.88 Å². The molecule has 0 radical (unpaired) electrons. The molecule has 19 heavy (non-hydrogen) atoms. The highest BCUT2D eigenvalue weighted by atomic mass is 32.1. The summed E-state index contributed by atoms with van der Waals surface area (Å²) in [6, 6.07) is 8.29. The zero-order chi connectivity index (χ0) is 13.4. The Balaban J connectivity index is 2.30. The monoisotopic (exact) mass is 288 g/mol. The van der Waals surface area contributed by atoms with Gasteiger partial charge in [-0.15, -0.1) is 22.7 Å². The summed E-state index contributed by atoms with van der Waals surface area (Å²) < 4.78 is 6.10. The van der Waals surface area contributed by atoms with E-state index in [2.05, 4.69) is 23.6 Å². The van der Waals surface area contributed by atoms with Gasteiger partial charge in [-0.1, -0.05) is 18.2 Å². The summed E-state index contributed by atoms with van der Waals surface area (Å²) >= 11 is 3.15. The number of benzene rings is 1. The van der Waals surface area contributed by atoms with E-state index in [1.165, 1.54) is 28.5 Å². The fourth-order valence-corrected chi connectivity index (χ4v) is 4.11. The van der Waals surface area contributed by atoms with Gasteiger partial charge in [0.2, 0.25) is 0 Å². The lowest BCUT2D eigenvalue weighted by atomic mass is 10.0. The molecule has 96 valence electrons. The molecule has 0 aliphatic heterocycles. The molecule has 1 aromatic carbocycles. The second kappa shape index (κ2) is 4.79. The van der Waals surface area contributed by atoms with E-state index in [1.54, 1.807) is 11.3 Å². The molecule has 0 amide bonds. The molecule has 0 bridgehead atoms. The Hall–Kier alpha value is -1.65. The molecule has 0 aliphatic rings. The lowest BCUT2D eigenvalue weighted by Gasteiger charge is -2.06. The molecule has 3 aromatic rings. The Morgan fingerprint density at radius 3 is 2.84 bits per heavy atom. The molecule has 3 rings (SSSR count). The third-order valence-corrected chi connectivity index (χ3v) is 5.14. The van der Waals surface area contributed by atoms with Gasteiger partial charge in [-0.2, -0.15) is 0 Å². The van der Waals surface area contributed by atoms with Crippen LogP contribution in [-0.2, 0) is 4.74 Å². The van der Waals surface area contributed by atoms with Gasteiger partial charge in [-0.25, -0.2) is 4.79 Å². The number of thiophene rings is 2. The van der Waals surface area contributed by atoms with Crippen molar-refractivity contribution < 1.29 is 9.53 Å². The van der Waals surface area contributed by atoms with Crippen molar-refractivity contribution in [1.29, 1.82) is 0 Å². The number of carbonyl (C=O) groups excluding carboxylic acids is 1. The average Bonchev–Trinajstić information content (AvgIpc) is 3.03. The van der Waals surface area contributed by atoms with Gasteiger partial charge >= 0.3 is 5.97 Å². The number of hydrogen-bond donors (Lipinski definition) is 0. The quantitative estimate of drug-likeness (QED) is 0.637. The Bertz CT molecular complexity index is 752.